The van der Waals surface area contributed by atoms with Gasteiger partial charge in [-0.1, -0.05) is 26.2 Å². The number of thioether (sulfide) groups is 1. The molecule has 1 N–H and O–H groups in total. The Morgan fingerprint density at radius 2 is 2.19 bits per heavy atom. The van der Waals surface area contributed by atoms with Crippen molar-refractivity contribution in [2.75, 3.05) is 12.5 Å². The van der Waals surface area contributed by atoms with Crippen LogP contribution in [0.1, 0.15) is 46.0 Å². The fourth-order valence-corrected chi connectivity index (χ4v) is 2.64. The van der Waals surface area contributed by atoms with E-state index in [1.54, 1.807) is 11.8 Å². The van der Waals surface area contributed by atoms with Crippen molar-refractivity contribution < 1.29 is 9.53 Å². The summed E-state index contributed by atoms with van der Waals surface area (Å²) < 4.78 is 5.01. The molecule has 4 heteroatoms. The molecule has 1 aliphatic rings. The van der Waals surface area contributed by atoms with Gasteiger partial charge in [0.15, 0.2) is 0 Å². The Bertz CT molecular complexity index is 264. The van der Waals surface area contributed by atoms with Gasteiger partial charge < -0.3 is 10.1 Å². The lowest BCUT2D eigenvalue weighted by Crippen LogP contribution is -2.18. The van der Waals surface area contributed by atoms with E-state index < -0.39 is 0 Å². The molecule has 1 rings (SSSR count). The Morgan fingerprint density at radius 3 is 2.88 bits per heavy atom. The van der Waals surface area contributed by atoms with Gasteiger partial charge in [0.1, 0.15) is 5.70 Å². The number of rotatable bonds is 7. The van der Waals surface area contributed by atoms with Crippen molar-refractivity contribution in [3.05, 3.63) is 10.6 Å². The van der Waals surface area contributed by atoms with Crippen molar-refractivity contribution in [2.45, 2.75) is 46.0 Å². The predicted octanol–water partition coefficient (Wildman–Crippen LogP) is 3.03. The Labute approximate surface area is 102 Å². The first-order valence-electron chi connectivity index (χ1n) is 6.06. The summed E-state index contributed by atoms with van der Waals surface area (Å²) in [6, 6.07) is 0. The maximum atomic E-state index is 11.6. The standard InChI is InChI=1S/C12H21NO2S/c1-3-5-6-7-8-10-11(13-9-16-10)12(14)15-4-2/h13H,3-9H2,1-2H3. The minimum Gasteiger partial charge on any atom is -0.461 e. The van der Waals surface area contributed by atoms with Crippen molar-refractivity contribution in [3.63, 3.8) is 0 Å². The highest BCUT2D eigenvalue weighted by Gasteiger charge is 2.21. The molecule has 0 spiro atoms. The van der Waals surface area contributed by atoms with E-state index in [0.717, 1.165) is 12.3 Å². The Morgan fingerprint density at radius 1 is 1.38 bits per heavy atom. The fraction of sp³-hybridized carbons (Fsp3) is 0.750. The predicted molar refractivity (Wildman–Crippen MR) is 68.0 cm³/mol. The summed E-state index contributed by atoms with van der Waals surface area (Å²) in [6.07, 6.45) is 5.94. The fourth-order valence-electron chi connectivity index (χ4n) is 1.66. The van der Waals surface area contributed by atoms with Crippen molar-refractivity contribution in [2.24, 2.45) is 0 Å². The lowest BCUT2D eigenvalue weighted by Gasteiger charge is -2.05. The number of carbonyl (C=O) groups excluding carboxylic acids is 1. The number of unbranched alkanes of at least 4 members (excludes halogenated alkanes) is 3. The van der Waals surface area contributed by atoms with Gasteiger partial charge in [-0.3, -0.25) is 0 Å². The van der Waals surface area contributed by atoms with E-state index in [-0.39, 0.29) is 5.97 Å². The van der Waals surface area contributed by atoms with Crippen LogP contribution in [0.15, 0.2) is 10.6 Å². The van der Waals surface area contributed by atoms with E-state index in [1.165, 1.54) is 30.6 Å². The monoisotopic (exact) mass is 243 g/mol. The topological polar surface area (TPSA) is 38.3 Å². The Kier molecular flexibility index (Phi) is 6.38. The molecule has 3 nitrogen and oxygen atoms in total. The molecule has 0 saturated carbocycles. The van der Waals surface area contributed by atoms with Crippen LogP contribution in [0.2, 0.25) is 0 Å². The second-order valence-corrected chi connectivity index (χ2v) is 4.86. The first-order chi connectivity index (χ1) is 7.79. The van der Waals surface area contributed by atoms with E-state index in [9.17, 15) is 4.79 Å². The third-order valence-electron chi connectivity index (χ3n) is 2.51. The van der Waals surface area contributed by atoms with E-state index in [1.807, 2.05) is 6.92 Å². The number of allylic oxidation sites excluding steroid dienone is 1. The molecule has 0 atom stereocenters. The third-order valence-corrected chi connectivity index (χ3v) is 3.56. The summed E-state index contributed by atoms with van der Waals surface area (Å²) in [4.78, 5) is 12.8. The van der Waals surface area contributed by atoms with Crippen LogP contribution in [0.4, 0.5) is 0 Å². The van der Waals surface area contributed by atoms with Gasteiger partial charge in [0, 0.05) is 4.91 Å². The lowest BCUT2D eigenvalue weighted by atomic mass is 10.1. The molecule has 1 aliphatic heterocycles. The van der Waals surface area contributed by atoms with Crippen LogP contribution in [-0.4, -0.2) is 18.5 Å². The molecule has 0 aromatic rings. The minimum absolute atomic E-state index is 0.196. The SMILES string of the molecule is CCCCCCC1=C(C(=O)OCC)NCS1. The molecule has 0 aliphatic carbocycles. The van der Waals surface area contributed by atoms with Gasteiger partial charge >= 0.3 is 5.97 Å². The molecule has 16 heavy (non-hydrogen) atoms. The molecular weight excluding hydrogens is 222 g/mol. The molecule has 1 heterocycles. The van der Waals surface area contributed by atoms with Crippen LogP contribution >= 0.6 is 11.8 Å². The largest absolute Gasteiger partial charge is 0.461 e. The van der Waals surface area contributed by atoms with Crippen LogP contribution in [0.3, 0.4) is 0 Å². The number of hydrogen-bond donors (Lipinski definition) is 1. The highest BCUT2D eigenvalue weighted by atomic mass is 32.2. The second-order valence-electron chi connectivity index (χ2n) is 3.79. The molecule has 0 saturated heterocycles. The van der Waals surface area contributed by atoms with Crippen molar-refractivity contribution in [3.8, 4) is 0 Å². The molecule has 0 amide bonds. The Hall–Kier alpha value is -0.640. The molecular formula is C12H21NO2S. The Balaban J connectivity index is 2.41. The molecule has 0 aromatic carbocycles. The number of hydrogen-bond acceptors (Lipinski definition) is 4. The number of nitrogens with one attached hydrogen (secondary N) is 1. The zero-order valence-electron chi connectivity index (χ0n) is 10.2. The van der Waals surface area contributed by atoms with Gasteiger partial charge in [-0.2, -0.15) is 0 Å². The number of carbonyl (C=O) groups is 1. The van der Waals surface area contributed by atoms with E-state index in [0.29, 0.717) is 12.3 Å². The van der Waals surface area contributed by atoms with E-state index in [4.69, 9.17) is 4.74 Å². The van der Waals surface area contributed by atoms with Gasteiger partial charge in [-0.15, -0.1) is 11.8 Å². The normalized spacial score (nSPS) is 15.1. The van der Waals surface area contributed by atoms with Crippen molar-refractivity contribution in [1.29, 1.82) is 0 Å². The van der Waals surface area contributed by atoms with Crippen LogP contribution in [-0.2, 0) is 9.53 Å². The van der Waals surface area contributed by atoms with Crippen molar-refractivity contribution >= 4 is 17.7 Å². The van der Waals surface area contributed by atoms with Gasteiger partial charge in [-0.05, 0) is 19.8 Å². The molecule has 0 bridgehead atoms. The third kappa shape index (κ3) is 4.08. The smallest absolute Gasteiger partial charge is 0.355 e. The summed E-state index contributed by atoms with van der Waals surface area (Å²) in [5.74, 6) is 0.607. The average molecular weight is 243 g/mol. The maximum absolute atomic E-state index is 11.6. The van der Waals surface area contributed by atoms with Gasteiger partial charge in [0.05, 0.1) is 12.5 Å². The first kappa shape index (κ1) is 13.4. The summed E-state index contributed by atoms with van der Waals surface area (Å²) in [6.45, 7) is 4.48. The summed E-state index contributed by atoms with van der Waals surface area (Å²) >= 11 is 1.73. The average Bonchev–Trinajstić information content (AvgIpc) is 2.73. The first-order valence-corrected chi connectivity index (χ1v) is 7.05. The zero-order valence-corrected chi connectivity index (χ0v) is 11.0. The summed E-state index contributed by atoms with van der Waals surface area (Å²) in [7, 11) is 0. The van der Waals surface area contributed by atoms with Gasteiger partial charge in [-0.25, -0.2) is 4.79 Å². The minimum atomic E-state index is -0.196. The second kappa shape index (κ2) is 7.60. The maximum Gasteiger partial charge on any atom is 0.355 e. The molecule has 0 unspecified atom stereocenters. The summed E-state index contributed by atoms with van der Waals surface area (Å²) in [5, 5.41) is 3.10. The van der Waals surface area contributed by atoms with Crippen LogP contribution in [0.5, 0.6) is 0 Å². The van der Waals surface area contributed by atoms with Crippen molar-refractivity contribution in [1.82, 2.24) is 5.32 Å². The van der Waals surface area contributed by atoms with Gasteiger partial charge in [0.25, 0.3) is 0 Å². The molecule has 92 valence electrons. The lowest BCUT2D eigenvalue weighted by molar-refractivity contribution is -0.138. The molecule has 0 aromatic heterocycles. The highest BCUT2D eigenvalue weighted by molar-refractivity contribution is 8.03. The highest BCUT2D eigenvalue weighted by Crippen LogP contribution is 2.29. The zero-order chi connectivity index (χ0) is 11.8. The summed E-state index contributed by atoms with van der Waals surface area (Å²) in [5.41, 5.74) is 0.698. The van der Waals surface area contributed by atoms with Crippen LogP contribution in [0.25, 0.3) is 0 Å². The number of esters is 1. The number of ether oxygens (including phenoxy) is 1. The van der Waals surface area contributed by atoms with Gasteiger partial charge in [0.2, 0.25) is 0 Å². The van der Waals surface area contributed by atoms with E-state index in [2.05, 4.69) is 12.2 Å². The quantitative estimate of drug-likeness (QED) is 0.551. The molecule has 0 fully saturated rings. The van der Waals surface area contributed by atoms with E-state index >= 15 is 0 Å². The van der Waals surface area contributed by atoms with Crippen LogP contribution < -0.4 is 5.32 Å². The molecule has 0 radical (unpaired) electrons. The van der Waals surface area contributed by atoms with Crippen LogP contribution in [0, 0.1) is 0 Å².